The fourth-order valence-electron chi connectivity index (χ4n) is 4.76. The zero-order chi connectivity index (χ0) is 24.9. The first-order chi connectivity index (χ1) is 17.0. The summed E-state index contributed by atoms with van der Waals surface area (Å²) in [6.45, 7) is 1.83. The summed E-state index contributed by atoms with van der Waals surface area (Å²) in [5.74, 6) is -1.37. The fraction of sp³-hybridized carbons (Fsp3) is 0.250. The Morgan fingerprint density at radius 1 is 0.657 bits per heavy atom. The van der Waals surface area contributed by atoms with Gasteiger partial charge in [-0.25, -0.2) is 14.4 Å². The largest absolute Gasteiger partial charge is 0.467 e. The minimum absolute atomic E-state index is 0.454. The number of nitrogens with zero attached hydrogens (tertiary/aromatic N) is 2. The molecule has 3 atom stereocenters. The van der Waals surface area contributed by atoms with Crippen LogP contribution in [0.4, 0.5) is 4.79 Å². The predicted octanol–water partition coefficient (Wildman–Crippen LogP) is 4.36. The second-order valence-corrected chi connectivity index (χ2v) is 8.34. The molecule has 1 fully saturated rings. The smallest absolute Gasteiger partial charge is 0.331 e. The normalized spacial score (nSPS) is 18.5. The second-order valence-electron chi connectivity index (χ2n) is 8.34. The van der Waals surface area contributed by atoms with Gasteiger partial charge in [-0.15, -0.1) is 0 Å². The summed E-state index contributed by atoms with van der Waals surface area (Å²) in [6.07, 6.45) is 0. The lowest BCUT2D eigenvalue weighted by atomic mass is 9.95. The molecule has 0 bridgehead atoms. The van der Waals surface area contributed by atoms with Gasteiger partial charge in [0.25, 0.3) is 0 Å². The molecule has 1 aliphatic rings. The molecule has 1 heterocycles. The maximum Gasteiger partial charge on any atom is 0.331 e. The highest BCUT2D eigenvalue weighted by molar-refractivity contribution is 5.97. The molecule has 35 heavy (non-hydrogen) atoms. The summed E-state index contributed by atoms with van der Waals surface area (Å²) >= 11 is 0. The first-order valence-corrected chi connectivity index (χ1v) is 11.4. The number of carbonyl (C=O) groups excluding carboxylic acids is 3. The molecule has 0 aromatic heterocycles. The Bertz CT molecular complexity index is 1130. The number of ether oxygens (including phenoxy) is 2. The van der Waals surface area contributed by atoms with E-state index < -0.39 is 42.1 Å². The number of amides is 2. The van der Waals surface area contributed by atoms with Gasteiger partial charge >= 0.3 is 18.0 Å². The van der Waals surface area contributed by atoms with Crippen molar-refractivity contribution in [1.82, 2.24) is 9.80 Å². The minimum Gasteiger partial charge on any atom is -0.467 e. The van der Waals surface area contributed by atoms with Gasteiger partial charge in [0.2, 0.25) is 0 Å². The Morgan fingerprint density at radius 2 is 1.03 bits per heavy atom. The Hall–Kier alpha value is -4.13. The molecule has 2 unspecified atom stereocenters. The van der Waals surface area contributed by atoms with Crippen LogP contribution in [0, 0.1) is 0 Å². The van der Waals surface area contributed by atoms with E-state index >= 15 is 0 Å². The molecule has 0 saturated carbocycles. The fourth-order valence-corrected chi connectivity index (χ4v) is 4.76. The number of methoxy groups -OCH3 is 2. The number of rotatable bonds is 7. The van der Waals surface area contributed by atoms with Crippen molar-refractivity contribution in [3.63, 3.8) is 0 Å². The lowest BCUT2D eigenvalue weighted by Gasteiger charge is -2.32. The van der Waals surface area contributed by atoms with Crippen LogP contribution in [0.3, 0.4) is 0 Å². The SMILES string of the molecule is COC(=O)C1C(C(=O)OC)N([C@H](C)c2ccccc2)C(=O)N1C(c1ccccc1)c1ccccc1. The highest BCUT2D eigenvalue weighted by atomic mass is 16.5. The maximum atomic E-state index is 14.2. The van der Waals surface area contributed by atoms with Gasteiger partial charge in [-0.1, -0.05) is 91.0 Å². The van der Waals surface area contributed by atoms with Crippen LogP contribution in [0.1, 0.15) is 35.7 Å². The van der Waals surface area contributed by atoms with Gasteiger partial charge in [0.15, 0.2) is 12.1 Å². The van der Waals surface area contributed by atoms with Crippen molar-refractivity contribution in [3.8, 4) is 0 Å². The second kappa shape index (κ2) is 10.4. The molecule has 3 aromatic rings. The number of benzene rings is 3. The van der Waals surface area contributed by atoms with E-state index in [9.17, 15) is 14.4 Å². The molecule has 3 aromatic carbocycles. The van der Waals surface area contributed by atoms with Gasteiger partial charge in [0, 0.05) is 0 Å². The van der Waals surface area contributed by atoms with Gasteiger partial charge in [0.05, 0.1) is 26.3 Å². The zero-order valence-corrected chi connectivity index (χ0v) is 19.9. The van der Waals surface area contributed by atoms with Gasteiger partial charge < -0.3 is 14.4 Å². The quantitative estimate of drug-likeness (QED) is 0.478. The predicted molar refractivity (Wildman–Crippen MR) is 130 cm³/mol. The molecule has 4 rings (SSSR count). The molecule has 7 nitrogen and oxygen atoms in total. The summed E-state index contributed by atoms with van der Waals surface area (Å²) in [4.78, 5) is 43.4. The van der Waals surface area contributed by atoms with Gasteiger partial charge in [-0.3, -0.25) is 4.90 Å². The van der Waals surface area contributed by atoms with E-state index in [4.69, 9.17) is 9.47 Å². The number of carbonyl (C=O) groups is 3. The van der Waals surface area contributed by atoms with Crippen LogP contribution in [0.2, 0.25) is 0 Å². The van der Waals surface area contributed by atoms with Gasteiger partial charge in [0.1, 0.15) is 0 Å². The van der Waals surface area contributed by atoms with E-state index in [-0.39, 0.29) is 0 Å². The van der Waals surface area contributed by atoms with E-state index in [1.54, 1.807) is 0 Å². The molecule has 0 radical (unpaired) electrons. The van der Waals surface area contributed by atoms with Crippen molar-refractivity contribution in [2.75, 3.05) is 14.2 Å². The lowest BCUT2D eigenvalue weighted by Crippen LogP contribution is -2.50. The number of hydrogen-bond acceptors (Lipinski definition) is 5. The molecule has 1 aliphatic heterocycles. The number of esters is 2. The first kappa shape index (κ1) is 24.0. The average Bonchev–Trinajstić information content (AvgIpc) is 3.21. The highest BCUT2D eigenvalue weighted by Gasteiger charge is 2.58. The number of hydrogen-bond donors (Lipinski definition) is 0. The van der Waals surface area contributed by atoms with Crippen molar-refractivity contribution in [2.45, 2.75) is 31.1 Å². The molecule has 2 amide bonds. The van der Waals surface area contributed by atoms with Crippen molar-refractivity contribution in [2.24, 2.45) is 0 Å². The van der Waals surface area contributed by atoms with E-state index in [0.717, 1.165) is 16.7 Å². The molecule has 0 aliphatic carbocycles. The molecule has 7 heteroatoms. The van der Waals surface area contributed by atoms with Gasteiger partial charge in [-0.2, -0.15) is 0 Å². The zero-order valence-electron chi connectivity index (χ0n) is 19.9. The van der Waals surface area contributed by atoms with E-state index in [0.29, 0.717) is 0 Å². The Morgan fingerprint density at radius 3 is 1.43 bits per heavy atom. The van der Waals surface area contributed by atoms with Gasteiger partial charge in [-0.05, 0) is 23.6 Å². The van der Waals surface area contributed by atoms with E-state index in [1.165, 1.54) is 24.0 Å². The average molecular weight is 473 g/mol. The molecule has 1 saturated heterocycles. The standard InChI is InChI=1S/C28H28N2O5/c1-19(20-13-7-4-8-14-20)29-24(26(31)34-2)25(27(32)35-3)30(28(29)33)23(21-15-9-5-10-16-21)22-17-11-6-12-18-22/h4-19,23-25H,1-3H3/t19-,24?,25?/m1/s1. The lowest BCUT2D eigenvalue weighted by molar-refractivity contribution is -0.155. The van der Waals surface area contributed by atoms with E-state index in [1.807, 2.05) is 97.9 Å². The monoisotopic (exact) mass is 472 g/mol. The first-order valence-electron chi connectivity index (χ1n) is 11.4. The van der Waals surface area contributed by atoms with Crippen LogP contribution in [0.25, 0.3) is 0 Å². The van der Waals surface area contributed by atoms with Crippen LogP contribution >= 0.6 is 0 Å². The third kappa shape index (κ3) is 4.49. The topological polar surface area (TPSA) is 76.2 Å². The Kier molecular flexibility index (Phi) is 7.15. The van der Waals surface area contributed by atoms with E-state index in [2.05, 4.69) is 0 Å². The van der Waals surface area contributed by atoms with Crippen molar-refractivity contribution < 1.29 is 23.9 Å². The summed E-state index contributed by atoms with van der Waals surface area (Å²) < 4.78 is 10.2. The van der Waals surface area contributed by atoms with Crippen LogP contribution < -0.4 is 0 Å². The third-order valence-corrected chi connectivity index (χ3v) is 6.43. The van der Waals surface area contributed by atoms with Crippen LogP contribution in [0.5, 0.6) is 0 Å². The molecule has 0 N–H and O–H groups in total. The summed E-state index contributed by atoms with van der Waals surface area (Å²) in [6, 6.07) is 24.3. The summed E-state index contributed by atoms with van der Waals surface area (Å²) in [5.41, 5.74) is 2.44. The minimum atomic E-state index is -1.21. The van der Waals surface area contributed by atoms with Crippen LogP contribution in [-0.2, 0) is 19.1 Å². The highest BCUT2D eigenvalue weighted by Crippen LogP contribution is 2.41. The Balaban J connectivity index is 1.92. The van der Waals surface area contributed by atoms with Crippen LogP contribution in [-0.4, -0.2) is 54.1 Å². The molecular formula is C28H28N2O5. The van der Waals surface area contributed by atoms with Crippen molar-refractivity contribution in [3.05, 3.63) is 108 Å². The van der Waals surface area contributed by atoms with Crippen molar-refractivity contribution in [1.29, 1.82) is 0 Å². The molecule has 0 spiro atoms. The summed E-state index contributed by atoms with van der Waals surface area (Å²) in [5, 5.41) is 0. The maximum absolute atomic E-state index is 14.2. The van der Waals surface area contributed by atoms with Crippen molar-refractivity contribution >= 4 is 18.0 Å². The molecular weight excluding hydrogens is 444 g/mol. The molecule has 180 valence electrons. The number of urea groups is 1. The Labute approximate surface area is 204 Å². The van der Waals surface area contributed by atoms with Crippen LogP contribution in [0.15, 0.2) is 91.0 Å². The third-order valence-electron chi connectivity index (χ3n) is 6.43. The summed E-state index contributed by atoms with van der Waals surface area (Å²) in [7, 11) is 2.50.